The summed E-state index contributed by atoms with van der Waals surface area (Å²) in [5.41, 5.74) is 9.75. The molecule has 10 aromatic rings. The zero-order valence-corrected chi connectivity index (χ0v) is 55.1. The molecule has 0 saturated heterocycles. The molecule has 0 radical (unpaired) electrons. The predicted octanol–water partition coefficient (Wildman–Crippen LogP) is 17.7. The molecule has 3 N–H and O–H groups in total. The van der Waals surface area contributed by atoms with Crippen LogP contribution in [0.4, 0.5) is 13.2 Å². The summed E-state index contributed by atoms with van der Waals surface area (Å²) < 4.78 is 72.8. The number of pyridine rings is 5. The highest BCUT2D eigenvalue weighted by molar-refractivity contribution is 9.11. The lowest BCUT2D eigenvalue weighted by atomic mass is 10.0. The summed E-state index contributed by atoms with van der Waals surface area (Å²) in [7, 11) is -4.04. The lowest BCUT2D eigenvalue weighted by Gasteiger charge is -2.15. The molecule has 0 aliphatic carbocycles. The van der Waals surface area contributed by atoms with E-state index in [0.717, 1.165) is 124 Å². The van der Waals surface area contributed by atoms with E-state index in [1.54, 1.807) is 26.2 Å². The molecule has 0 bridgehead atoms. The first kappa shape index (κ1) is 65.5. The lowest BCUT2D eigenvalue weighted by Crippen LogP contribution is -2.28. The van der Waals surface area contributed by atoms with Gasteiger partial charge in [0.1, 0.15) is 17.6 Å². The number of benzene rings is 5. The van der Waals surface area contributed by atoms with E-state index < -0.39 is 27.5 Å². The molecule has 5 heterocycles. The number of methoxy groups -OCH3 is 1. The van der Waals surface area contributed by atoms with Crippen LogP contribution < -0.4 is 8.92 Å². The molecule has 0 aliphatic heterocycles. The van der Waals surface area contributed by atoms with E-state index in [9.17, 15) is 31.8 Å². The number of rotatable bonds is 6. The van der Waals surface area contributed by atoms with Crippen LogP contribution in [0.3, 0.4) is 0 Å². The Morgan fingerprint density at radius 1 is 0.524 bits per heavy atom. The molecule has 0 amide bonds. The van der Waals surface area contributed by atoms with E-state index in [-0.39, 0.29) is 16.6 Å². The number of aromatic nitrogens is 5. The second-order valence-electron chi connectivity index (χ2n) is 19.1. The van der Waals surface area contributed by atoms with E-state index in [1.165, 1.54) is 18.6 Å². The molecule has 82 heavy (non-hydrogen) atoms. The Balaban J connectivity index is 0.000000166. The van der Waals surface area contributed by atoms with Crippen molar-refractivity contribution in [2.24, 2.45) is 0 Å². The lowest BCUT2D eigenvalue weighted by molar-refractivity contribution is -0.0500. The summed E-state index contributed by atoms with van der Waals surface area (Å²) in [4.78, 5) is 22.1. The van der Waals surface area contributed by atoms with Crippen molar-refractivity contribution in [1.82, 2.24) is 24.9 Å². The number of ether oxygens (including phenoxy) is 1. The number of alkyl halides is 3. The highest BCUT2D eigenvalue weighted by atomic mass is 79.9. The van der Waals surface area contributed by atoms with Gasteiger partial charge in [0.2, 0.25) is 0 Å². The number of hydrogen-bond donors (Lipinski definition) is 3. The Labute approximate surface area is 516 Å². The number of aliphatic hydroxyl groups is 2. The van der Waals surface area contributed by atoms with Crippen molar-refractivity contribution in [1.29, 1.82) is 0 Å². The summed E-state index contributed by atoms with van der Waals surface area (Å²) in [6, 6.07) is 28.7. The standard InChI is InChI=1S/C13H14BrNO2.C13H12BrN.C12H9BrF3NO3S.C12H12BrNO.C11H10BrNO/c1-7-5-10-9(4-3-8(2)15-10)13(14)12(7)11(17)6-16;1-4-10-8(2)7-12-11(13(10)14)6-5-9(3)15-12;1-6-5-9-8(4-3-7(2)17-9)10(13)11(6)20-21(18,19)12(14,15)16;1-7-6-10-9(5-4-8(2)14-10)11(13)12(7)15-3;1-6-5-9-8(10(12)11(6)14)4-3-7(2)13-9/h3-5,11,16-17H,6H2,1-2H3;4-7H,1H2,2-3H3;3-5H,1-2H3;4-6H,1-3H3;3-5,14H,1-2H3/t11-;;;;/m1..../s1. The van der Waals surface area contributed by atoms with Gasteiger partial charge in [0, 0.05) is 69.9 Å². The van der Waals surface area contributed by atoms with Crippen molar-refractivity contribution in [3.63, 3.8) is 0 Å². The third kappa shape index (κ3) is 15.0. The third-order valence-corrected chi connectivity index (χ3v) is 17.7. The first-order chi connectivity index (χ1) is 38.4. The maximum atomic E-state index is 12.4. The highest BCUT2D eigenvalue weighted by Gasteiger charge is 2.49. The molecular formula is C61H57Br5F3N5O7S. The smallest absolute Gasteiger partial charge is 0.506 e. The molecular weight excluding hydrogens is 1400 g/mol. The summed E-state index contributed by atoms with van der Waals surface area (Å²) in [6.07, 6.45) is 1.01. The summed E-state index contributed by atoms with van der Waals surface area (Å²) in [6.45, 7) is 22.5. The Morgan fingerprint density at radius 2 is 0.854 bits per heavy atom. The first-order valence-corrected chi connectivity index (χ1v) is 30.3. The van der Waals surface area contributed by atoms with Gasteiger partial charge in [0.25, 0.3) is 0 Å². The number of aromatic hydroxyl groups is 1. The Bertz CT molecular complexity index is 4210. The Kier molecular flexibility index (Phi) is 21.9. The molecule has 0 spiro atoms. The van der Waals surface area contributed by atoms with Gasteiger partial charge < -0.3 is 24.2 Å². The minimum Gasteiger partial charge on any atom is -0.506 e. The topological polar surface area (TPSA) is 178 Å². The number of aliphatic hydroxyl groups excluding tert-OH is 2. The van der Waals surface area contributed by atoms with E-state index in [4.69, 9.17) is 9.84 Å². The molecule has 0 aliphatic rings. The van der Waals surface area contributed by atoms with Gasteiger partial charge in [-0.15, -0.1) is 0 Å². The largest absolute Gasteiger partial charge is 0.534 e. The molecule has 5 aromatic heterocycles. The van der Waals surface area contributed by atoms with Crippen LogP contribution >= 0.6 is 79.6 Å². The molecule has 0 saturated carbocycles. The summed E-state index contributed by atoms with van der Waals surface area (Å²) in [5.74, 6) is 0.779. The van der Waals surface area contributed by atoms with Gasteiger partial charge in [0.15, 0.2) is 5.75 Å². The third-order valence-electron chi connectivity index (χ3n) is 12.7. The minimum absolute atomic E-state index is 0.109. The molecule has 1 atom stereocenters. The van der Waals surface area contributed by atoms with Gasteiger partial charge in [-0.25, -0.2) is 0 Å². The molecule has 0 fully saturated rings. The number of hydrogen-bond acceptors (Lipinski definition) is 12. The van der Waals surface area contributed by atoms with Gasteiger partial charge >= 0.3 is 15.6 Å². The number of aryl methyl sites for hydroxylation is 10. The Morgan fingerprint density at radius 3 is 1.23 bits per heavy atom. The van der Waals surface area contributed by atoms with E-state index in [0.29, 0.717) is 16.7 Å². The van der Waals surface area contributed by atoms with Gasteiger partial charge in [-0.05, 0) is 273 Å². The van der Waals surface area contributed by atoms with Crippen molar-refractivity contribution >= 4 is 150 Å². The normalized spacial score (nSPS) is 11.7. The molecule has 21 heteroatoms. The zero-order chi connectivity index (χ0) is 60.9. The average Bonchev–Trinajstić information content (AvgIpc) is 3.61. The minimum atomic E-state index is -5.72. The number of fused-ring (bicyclic) bond motifs is 5. The van der Waals surface area contributed by atoms with Crippen LogP contribution in [0.15, 0.2) is 120 Å². The van der Waals surface area contributed by atoms with Crippen LogP contribution in [0.1, 0.15) is 73.5 Å². The van der Waals surface area contributed by atoms with Gasteiger partial charge in [-0.1, -0.05) is 12.7 Å². The van der Waals surface area contributed by atoms with Crippen molar-refractivity contribution < 1.29 is 45.8 Å². The van der Waals surface area contributed by atoms with Crippen LogP contribution in [-0.4, -0.2) is 67.9 Å². The van der Waals surface area contributed by atoms with Crippen molar-refractivity contribution in [2.75, 3.05) is 13.7 Å². The van der Waals surface area contributed by atoms with E-state index in [1.807, 2.05) is 109 Å². The SMILES string of the molecule is C=Cc1c(C)cc2nc(C)ccc2c1Br.COc1c(C)cc2nc(C)ccc2c1Br.Cc1ccc2c(Br)c(O)c(C)cc2n1.Cc1ccc2c(Br)c(OS(=O)(=O)C(F)(F)F)c(C)cc2n1.Cc1ccc2c(Br)c([C@H](O)CO)c(C)cc2n1. The maximum absolute atomic E-state index is 12.4. The van der Waals surface area contributed by atoms with E-state index in [2.05, 4.69) is 140 Å². The average molecular weight is 1460 g/mol. The summed E-state index contributed by atoms with van der Waals surface area (Å²) >= 11 is 17.1. The van der Waals surface area contributed by atoms with Crippen molar-refractivity contribution in [3.8, 4) is 17.2 Å². The quantitative estimate of drug-likeness (QED) is 0.106. The zero-order valence-electron chi connectivity index (χ0n) is 46.4. The van der Waals surface area contributed by atoms with Crippen LogP contribution in [0.25, 0.3) is 60.6 Å². The Hall–Kier alpha value is -5.65. The predicted molar refractivity (Wildman–Crippen MR) is 341 cm³/mol. The maximum Gasteiger partial charge on any atom is 0.534 e. The van der Waals surface area contributed by atoms with Crippen LogP contribution in [0.2, 0.25) is 0 Å². The van der Waals surface area contributed by atoms with Crippen molar-refractivity contribution in [2.45, 2.75) is 80.8 Å². The fourth-order valence-electron chi connectivity index (χ4n) is 8.53. The van der Waals surface area contributed by atoms with Gasteiger partial charge in [-0.2, -0.15) is 21.6 Å². The second-order valence-corrected chi connectivity index (χ2v) is 24.6. The van der Waals surface area contributed by atoms with Gasteiger partial charge in [-0.3, -0.25) is 24.9 Å². The van der Waals surface area contributed by atoms with Crippen LogP contribution in [-0.2, 0) is 10.1 Å². The fraction of sp³-hybridized carbons (Fsp3) is 0.230. The first-order valence-electron chi connectivity index (χ1n) is 24.9. The van der Waals surface area contributed by atoms with Gasteiger partial charge in [0.05, 0.1) is 54.7 Å². The number of phenolic OH excluding ortho intramolecular Hbond substituents is 1. The van der Waals surface area contributed by atoms with E-state index >= 15 is 0 Å². The van der Waals surface area contributed by atoms with Crippen LogP contribution in [0.5, 0.6) is 17.2 Å². The monoisotopic (exact) mass is 1450 g/mol. The number of phenols is 1. The molecule has 5 aromatic carbocycles. The summed E-state index contributed by atoms with van der Waals surface area (Å²) in [5, 5.41) is 33.1. The molecule has 0 unspecified atom stereocenters. The van der Waals surface area contributed by atoms with Crippen LogP contribution in [0, 0.1) is 69.2 Å². The van der Waals surface area contributed by atoms with Crippen molar-refractivity contribution in [3.05, 3.63) is 187 Å². The number of nitrogens with zero attached hydrogens (tertiary/aromatic N) is 5. The molecule has 12 nitrogen and oxygen atoms in total. The molecule has 10 rings (SSSR count). The molecule has 430 valence electrons. The number of halogens is 8. The fourth-order valence-corrected chi connectivity index (χ4v) is 13.1. The second kappa shape index (κ2) is 27.4. The highest BCUT2D eigenvalue weighted by Crippen LogP contribution is 2.40.